The molecule has 1 heterocycles. The number of carbonyl (C=O) groups excluding carboxylic acids is 1. The highest BCUT2D eigenvalue weighted by Gasteiger charge is 2.38. The van der Waals surface area contributed by atoms with Gasteiger partial charge >= 0.3 is 12.1 Å². The molecule has 1 amide bonds. The maximum atomic E-state index is 12.4. The molecule has 0 atom stereocenters. The van der Waals surface area contributed by atoms with Crippen LogP contribution in [0.4, 0.5) is 18.9 Å². The van der Waals surface area contributed by atoms with E-state index in [2.05, 4.69) is 45.8 Å². The lowest BCUT2D eigenvalue weighted by Crippen LogP contribution is -2.25. The number of rotatable bonds is 11. The van der Waals surface area contributed by atoms with Gasteiger partial charge in [-0.25, -0.2) is 0 Å². The largest absolute Gasteiger partial charge is 0.471 e. The van der Waals surface area contributed by atoms with Crippen LogP contribution in [0.25, 0.3) is 0 Å². The first kappa shape index (κ1) is 23.9. The number of aromatic nitrogens is 2. The maximum Gasteiger partial charge on any atom is 0.471 e. The van der Waals surface area contributed by atoms with Crippen molar-refractivity contribution < 1.29 is 22.5 Å². The third-order valence-corrected chi connectivity index (χ3v) is 4.82. The second-order valence-corrected chi connectivity index (χ2v) is 7.68. The van der Waals surface area contributed by atoms with Gasteiger partial charge in [0.25, 0.3) is 0 Å². The normalized spacial score (nSPS) is 12.0. The molecule has 2 aromatic rings. The Labute approximate surface area is 174 Å². The highest BCUT2D eigenvalue weighted by molar-refractivity contribution is 5.90. The van der Waals surface area contributed by atoms with E-state index in [4.69, 9.17) is 0 Å². The molecule has 0 bridgehead atoms. The summed E-state index contributed by atoms with van der Waals surface area (Å²) in [5, 5.41) is 6.22. The number of anilines is 1. The number of benzene rings is 1. The SMILES string of the molecule is CC(C)N(C)Cc1ccc(NC(=O)CCCCCCc2noc(C(F)(F)F)n2)cc1. The van der Waals surface area contributed by atoms with Crippen LogP contribution in [0.5, 0.6) is 0 Å². The highest BCUT2D eigenvalue weighted by atomic mass is 19.4. The predicted molar refractivity (Wildman–Crippen MR) is 108 cm³/mol. The molecule has 0 spiro atoms. The minimum absolute atomic E-state index is 0.0463. The highest BCUT2D eigenvalue weighted by Crippen LogP contribution is 2.27. The first-order valence-corrected chi connectivity index (χ1v) is 10.1. The summed E-state index contributed by atoms with van der Waals surface area (Å²) in [6, 6.07) is 8.30. The van der Waals surface area contributed by atoms with Crippen molar-refractivity contribution in [2.45, 2.75) is 71.1 Å². The molecule has 0 aliphatic rings. The number of halogens is 3. The zero-order chi connectivity index (χ0) is 22.1. The molecule has 1 N–H and O–H groups in total. The topological polar surface area (TPSA) is 71.3 Å². The van der Waals surface area contributed by atoms with E-state index in [1.807, 2.05) is 24.3 Å². The summed E-state index contributed by atoms with van der Waals surface area (Å²) in [4.78, 5) is 17.6. The third kappa shape index (κ3) is 8.14. The Kier molecular flexibility index (Phi) is 8.83. The molecule has 0 saturated heterocycles. The molecule has 166 valence electrons. The van der Waals surface area contributed by atoms with Crippen LogP contribution < -0.4 is 5.32 Å². The van der Waals surface area contributed by atoms with Gasteiger partial charge in [-0.05, 0) is 51.4 Å². The fourth-order valence-corrected chi connectivity index (χ4v) is 2.78. The monoisotopic (exact) mass is 426 g/mol. The number of hydrogen-bond donors (Lipinski definition) is 1. The summed E-state index contributed by atoms with van der Waals surface area (Å²) in [6.07, 6.45) is -0.946. The average Bonchev–Trinajstić information content (AvgIpc) is 3.15. The van der Waals surface area contributed by atoms with E-state index in [1.165, 1.54) is 5.56 Å². The fraction of sp³-hybridized carbons (Fsp3) is 0.571. The summed E-state index contributed by atoms with van der Waals surface area (Å²) >= 11 is 0. The van der Waals surface area contributed by atoms with Gasteiger partial charge in [-0.2, -0.15) is 18.2 Å². The second-order valence-electron chi connectivity index (χ2n) is 7.68. The predicted octanol–water partition coefficient (Wildman–Crippen LogP) is 5.06. The van der Waals surface area contributed by atoms with Gasteiger partial charge in [-0.3, -0.25) is 9.69 Å². The number of unbranched alkanes of at least 4 members (excludes halogenated alkanes) is 3. The Morgan fingerprint density at radius 3 is 2.40 bits per heavy atom. The van der Waals surface area contributed by atoms with Crippen molar-refractivity contribution in [3.8, 4) is 0 Å². The Hall–Kier alpha value is -2.42. The van der Waals surface area contributed by atoms with Crippen molar-refractivity contribution in [2.24, 2.45) is 0 Å². The van der Waals surface area contributed by atoms with Crippen molar-refractivity contribution in [1.82, 2.24) is 15.0 Å². The van der Waals surface area contributed by atoms with Gasteiger partial charge < -0.3 is 9.84 Å². The van der Waals surface area contributed by atoms with E-state index in [0.29, 0.717) is 31.7 Å². The van der Waals surface area contributed by atoms with Gasteiger partial charge in [0.2, 0.25) is 5.91 Å². The Bertz CT molecular complexity index is 788. The number of aryl methyl sites for hydroxylation is 1. The summed E-state index contributed by atoms with van der Waals surface area (Å²) < 4.78 is 41.3. The summed E-state index contributed by atoms with van der Waals surface area (Å²) in [6.45, 7) is 5.14. The van der Waals surface area contributed by atoms with Crippen molar-refractivity contribution in [1.29, 1.82) is 0 Å². The van der Waals surface area contributed by atoms with Gasteiger partial charge in [-0.15, -0.1) is 0 Å². The number of alkyl halides is 3. The third-order valence-electron chi connectivity index (χ3n) is 4.82. The molecule has 9 heteroatoms. The van der Waals surface area contributed by atoms with Crippen LogP contribution in [0.15, 0.2) is 28.8 Å². The average molecular weight is 426 g/mol. The minimum atomic E-state index is -4.61. The number of hydrogen-bond acceptors (Lipinski definition) is 5. The van der Waals surface area contributed by atoms with Crippen LogP contribution in [0, 0.1) is 0 Å². The summed E-state index contributed by atoms with van der Waals surface area (Å²) in [7, 11) is 2.07. The lowest BCUT2D eigenvalue weighted by molar-refractivity contribution is -0.159. The van der Waals surface area contributed by atoms with Crippen molar-refractivity contribution in [3.63, 3.8) is 0 Å². The Morgan fingerprint density at radius 1 is 1.13 bits per heavy atom. The smallest absolute Gasteiger partial charge is 0.329 e. The van der Waals surface area contributed by atoms with E-state index in [9.17, 15) is 18.0 Å². The number of carbonyl (C=O) groups is 1. The molecule has 6 nitrogen and oxygen atoms in total. The van der Waals surface area contributed by atoms with Gasteiger partial charge in [0.15, 0.2) is 5.82 Å². The van der Waals surface area contributed by atoms with Crippen LogP contribution >= 0.6 is 0 Å². The molecule has 0 unspecified atom stereocenters. The van der Waals surface area contributed by atoms with Gasteiger partial charge in [0, 0.05) is 31.1 Å². The minimum Gasteiger partial charge on any atom is -0.329 e. The Morgan fingerprint density at radius 2 is 1.80 bits per heavy atom. The molecular formula is C21H29F3N4O2. The molecule has 1 aromatic carbocycles. The van der Waals surface area contributed by atoms with Crippen LogP contribution in [-0.2, 0) is 23.9 Å². The molecular weight excluding hydrogens is 397 g/mol. The van der Waals surface area contributed by atoms with E-state index in [1.54, 1.807) is 0 Å². The van der Waals surface area contributed by atoms with Gasteiger partial charge in [0.05, 0.1) is 0 Å². The maximum absolute atomic E-state index is 12.4. The second kappa shape index (κ2) is 11.1. The van der Waals surface area contributed by atoms with Crippen LogP contribution in [0.3, 0.4) is 0 Å². The van der Waals surface area contributed by atoms with Crippen LogP contribution in [0.2, 0.25) is 0 Å². The Balaban J connectivity index is 1.60. The quantitative estimate of drug-likeness (QED) is 0.509. The first-order chi connectivity index (χ1) is 14.1. The van der Waals surface area contributed by atoms with Gasteiger partial charge in [0.1, 0.15) is 0 Å². The number of nitrogens with one attached hydrogen (secondary N) is 1. The molecule has 2 rings (SSSR count). The van der Waals surface area contributed by atoms with Crippen LogP contribution in [-0.4, -0.2) is 34.0 Å². The van der Waals surface area contributed by atoms with Crippen molar-refractivity contribution in [3.05, 3.63) is 41.5 Å². The van der Waals surface area contributed by atoms with Gasteiger partial charge in [-0.1, -0.05) is 30.1 Å². The lowest BCUT2D eigenvalue weighted by atomic mass is 10.1. The molecule has 0 radical (unpaired) electrons. The fourth-order valence-electron chi connectivity index (χ4n) is 2.78. The van der Waals surface area contributed by atoms with Crippen LogP contribution in [0.1, 0.15) is 63.2 Å². The molecule has 0 aliphatic heterocycles. The molecule has 0 aliphatic carbocycles. The number of amides is 1. The van der Waals surface area contributed by atoms with E-state index < -0.39 is 12.1 Å². The standard InChI is InChI=1S/C21H29F3N4O2/c1-15(2)28(3)14-16-10-12-17(13-11-16)25-19(29)9-7-5-4-6-8-18-26-20(30-27-18)21(22,23)24/h10-13,15H,4-9,14H2,1-3H3,(H,25,29). The molecule has 0 saturated carbocycles. The molecule has 30 heavy (non-hydrogen) atoms. The van der Waals surface area contributed by atoms with E-state index >= 15 is 0 Å². The zero-order valence-electron chi connectivity index (χ0n) is 17.6. The molecule has 1 aromatic heterocycles. The van der Waals surface area contributed by atoms with E-state index in [-0.39, 0.29) is 11.7 Å². The molecule has 0 fully saturated rings. The van der Waals surface area contributed by atoms with Crippen molar-refractivity contribution in [2.75, 3.05) is 12.4 Å². The first-order valence-electron chi connectivity index (χ1n) is 10.1. The summed E-state index contributed by atoms with van der Waals surface area (Å²) in [5.74, 6) is -1.30. The number of nitrogens with zero attached hydrogens (tertiary/aromatic N) is 3. The zero-order valence-corrected chi connectivity index (χ0v) is 17.6. The lowest BCUT2D eigenvalue weighted by Gasteiger charge is -2.21. The van der Waals surface area contributed by atoms with Crippen molar-refractivity contribution >= 4 is 11.6 Å². The van der Waals surface area contributed by atoms with E-state index in [0.717, 1.165) is 25.1 Å². The summed E-state index contributed by atoms with van der Waals surface area (Å²) in [5.41, 5.74) is 1.96.